The molecule has 2 atom stereocenters. The Morgan fingerprint density at radius 1 is 1.31 bits per heavy atom. The lowest BCUT2D eigenvalue weighted by atomic mass is 10.1. The number of carboxylic acid groups (broad SMARTS) is 1. The van der Waals surface area contributed by atoms with Crippen LogP contribution in [0.15, 0.2) is 36.9 Å². The number of carbonyl (C=O) groups excluding carboxylic acids is 2. The summed E-state index contributed by atoms with van der Waals surface area (Å²) in [6, 6.07) is 2.17. The second-order valence-corrected chi connectivity index (χ2v) is 7.47. The van der Waals surface area contributed by atoms with E-state index in [0.717, 1.165) is 10.5 Å². The molecule has 1 unspecified atom stereocenters. The van der Waals surface area contributed by atoms with Crippen LogP contribution in [0.4, 0.5) is 10.5 Å². The third-order valence-electron chi connectivity index (χ3n) is 5.25. The zero-order valence-electron chi connectivity index (χ0n) is 17.8. The standard InChI is InChI=1S/C22H26N2O8/c1-4-7-32-22(29)24-15-11-18(31-8-5-6-19(25)26)17(30-3)10-14(15)20(27)23-12-13(2)9-16(23)21(24)28/h4,10-11,16,21,28H,1-2,5-9,12H2,3H3,(H,25,26)/t16-,21?/m0/s1. The number of hydrogen-bond donors (Lipinski definition) is 2. The van der Waals surface area contributed by atoms with Gasteiger partial charge in [0, 0.05) is 19.0 Å². The summed E-state index contributed by atoms with van der Waals surface area (Å²) in [5.74, 6) is -0.908. The number of hydrogen-bond acceptors (Lipinski definition) is 7. The maximum Gasteiger partial charge on any atom is 0.416 e. The highest BCUT2D eigenvalue weighted by atomic mass is 16.6. The van der Waals surface area contributed by atoms with Crippen LogP contribution in [0.5, 0.6) is 11.5 Å². The molecule has 1 fully saturated rings. The number of ether oxygens (including phenoxy) is 3. The molecule has 0 saturated carbocycles. The van der Waals surface area contributed by atoms with Crippen molar-refractivity contribution in [3.8, 4) is 11.5 Å². The molecule has 10 nitrogen and oxygen atoms in total. The highest BCUT2D eigenvalue weighted by Gasteiger charge is 2.46. The second kappa shape index (κ2) is 9.73. The Balaban J connectivity index is 2.05. The Morgan fingerprint density at radius 3 is 2.72 bits per heavy atom. The Labute approximate surface area is 185 Å². The van der Waals surface area contributed by atoms with Gasteiger partial charge in [-0.1, -0.05) is 24.8 Å². The fourth-order valence-electron chi connectivity index (χ4n) is 3.79. The van der Waals surface area contributed by atoms with Crippen LogP contribution in [0.3, 0.4) is 0 Å². The summed E-state index contributed by atoms with van der Waals surface area (Å²) in [6.07, 6.45) is -0.339. The molecule has 0 bridgehead atoms. The van der Waals surface area contributed by atoms with Gasteiger partial charge in [0.05, 0.1) is 31.0 Å². The van der Waals surface area contributed by atoms with E-state index in [4.69, 9.17) is 19.3 Å². The number of carboxylic acids is 1. The van der Waals surface area contributed by atoms with Gasteiger partial charge in [0.2, 0.25) is 0 Å². The molecule has 1 saturated heterocycles. The number of carbonyl (C=O) groups is 3. The summed E-state index contributed by atoms with van der Waals surface area (Å²) in [5.41, 5.74) is 0.993. The minimum atomic E-state index is -1.38. The third-order valence-corrected chi connectivity index (χ3v) is 5.25. The van der Waals surface area contributed by atoms with Crippen molar-refractivity contribution in [1.82, 2.24) is 4.90 Å². The highest BCUT2D eigenvalue weighted by Crippen LogP contribution is 2.41. The number of nitrogens with zero attached hydrogens (tertiary/aromatic N) is 2. The lowest BCUT2D eigenvalue weighted by molar-refractivity contribution is -0.137. The first-order valence-electron chi connectivity index (χ1n) is 10.1. The van der Waals surface area contributed by atoms with Gasteiger partial charge in [0.1, 0.15) is 6.61 Å². The molecule has 2 aliphatic heterocycles. The molecular formula is C22H26N2O8. The maximum atomic E-state index is 13.3. The van der Waals surface area contributed by atoms with Crippen molar-refractivity contribution in [1.29, 1.82) is 0 Å². The summed E-state index contributed by atoms with van der Waals surface area (Å²) >= 11 is 0. The second-order valence-electron chi connectivity index (χ2n) is 7.47. The van der Waals surface area contributed by atoms with Crippen LogP contribution in [-0.4, -0.2) is 72.2 Å². The number of fused-ring (bicyclic) bond motifs is 2. The third kappa shape index (κ3) is 4.54. The smallest absolute Gasteiger partial charge is 0.416 e. The molecule has 32 heavy (non-hydrogen) atoms. The molecule has 0 radical (unpaired) electrons. The van der Waals surface area contributed by atoms with E-state index in [2.05, 4.69) is 13.2 Å². The van der Waals surface area contributed by atoms with Crippen LogP contribution in [0.2, 0.25) is 0 Å². The van der Waals surface area contributed by atoms with E-state index in [1.54, 1.807) is 0 Å². The minimum absolute atomic E-state index is 0.0768. The first kappa shape index (κ1) is 23.1. The van der Waals surface area contributed by atoms with Crippen LogP contribution in [-0.2, 0) is 9.53 Å². The molecule has 10 heteroatoms. The first-order valence-corrected chi connectivity index (χ1v) is 10.1. The molecule has 1 aromatic rings. The van der Waals surface area contributed by atoms with Gasteiger partial charge in [-0.25, -0.2) is 9.69 Å². The number of benzene rings is 1. The predicted octanol–water partition coefficient (Wildman–Crippen LogP) is 2.17. The van der Waals surface area contributed by atoms with E-state index in [1.165, 1.54) is 30.2 Å². The zero-order valence-corrected chi connectivity index (χ0v) is 17.8. The molecule has 0 aromatic heterocycles. The van der Waals surface area contributed by atoms with Crippen LogP contribution in [0.25, 0.3) is 0 Å². The Hall–Kier alpha value is -3.53. The Kier molecular flexibility index (Phi) is 7.04. The fourth-order valence-corrected chi connectivity index (χ4v) is 3.79. The van der Waals surface area contributed by atoms with Gasteiger partial charge in [0.25, 0.3) is 5.91 Å². The van der Waals surface area contributed by atoms with E-state index in [1.807, 2.05) is 0 Å². The predicted molar refractivity (Wildman–Crippen MR) is 114 cm³/mol. The topological polar surface area (TPSA) is 126 Å². The van der Waals surface area contributed by atoms with E-state index >= 15 is 0 Å². The maximum absolute atomic E-state index is 13.3. The number of methoxy groups -OCH3 is 1. The molecular weight excluding hydrogens is 420 g/mol. The lowest BCUT2D eigenvalue weighted by Crippen LogP contribution is -2.50. The zero-order chi connectivity index (χ0) is 23.4. The number of rotatable bonds is 8. The van der Waals surface area contributed by atoms with E-state index in [9.17, 15) is 19.5 Å². The lowest BCUT2D eigenvalue weighted by Gasteiger charge is -2.31. The van der Waals surface area contributed by atoms with Gasteiger partial charge in [-0.15, -0.1) is 0 Å². The molecule has 2 N–H and O–H groups in total. The van der Waals surface area contributed by atoms with Gasteiger partial charge in [0.15, 0.2) is 17.7 Å². The van der Waals surface area contributed by atoms with Gasteiger partial charge in [-0.3, -0.25) is 9.59 Å². The van der Waals surface area contributed by atoms with E-state index in [-0.39, 0.29) is 55.4 Å². The van der Waals surface area contributed by atoms with Crippen LogP contribution in [0, 0.1) is 0 Å². The molecule has 2 heterocycles. The van der Waals surface area contributed by atoms with Crippen molar-refractivity contribution in [2.45, 2.75) is 31.5 Å². The largest absolute Gasteiger partial charge is 0.493 e. The number of aliphatic hydroxyl groups excluding tert-OH is 1. The number of aliphatic hydroxyl groups is 1. The minimum Gasteiger partial charge on any atom is -0.493 e. The van der Waals surface area contributed by atoms with Crippen molar-refractivity contribution in [3.05, 3.63) is 42.5 Å². The van der Waals surface area contributed by atoms with Gasteiger partial charge in [-0.2, -0.15) is 0 Å². The van der Waals surface area contributed by atoms with Gasteiger partial charge < -0.3 is 29.3 Å². The SMILES string of the molecule is C=CCOC(=O)N1c2cc(OCCCC(=O)O)c(OC)cc2C(=O)N2CC(=C)C[C@H]2C1O. The summed E-state index contributed by atoms with van der Waals surface area (Å²) in [7, 11) is 1.40. The Bertz CT molecular complexity index is 944. The number of amides is 2. The molecule has 1 aromatic carbocycles. The number of anilines is 1. The van der Waals surface area contributed by atoms with E-state index in [0.29, 0.717) is 6.42 Å². The van der Waals surface area contributed by atoms with Crippen molar-refractivity contribution >= 4 is 23.7 Å². The van der Waals surface area contributed by atoms with Crippen LogP contribution in [0.1, 0.15) is 29.6 Å². The van der Waals surface area contributed by atoms with Gasteiger partial charge in [-0.05, 0) is 18.9 Å². The summed E-state index contributed by atoms with van der Waals surface area (Å²) in [4.78, 5) is 39.4. The summed E-state index contributed by atoms with van der Waals surface area (Å²) < 4.78 is 16.2. The summed E-state index contributed by atoms with van der Waals surface area (Å²) in [5, 5.41) is 19.9. The van der Waals surface area contributed by atoms with Crippen molar-refractivity contribution < 1.29 is 38.8 Å². The van der Waals surface area contributed by atoms with Crippen molar-refractivity contribution in [3.63, 3.8) is 0 Å². The first-order chi connectivity index (χ1) is 15.3. The molecule has 172 valence electrons. The number of aliphatic carboxylic acids is 1. The monoisotopic (exact) mass is 446 g/mol. The van der Waals surface area contributed by atoms with Gasteiger partial charge >= 0.3 is 12.1 Å². The molecule has 0 aliphatic carbocycles. The molecule has 3 rings (SSSR count). The average Bonchev–Trinajstić information content (AvgIpc) is 3.13. The van der Waals surface area contributed by atoms with Crippen LogP contribution >= 0.6 is 0 Å². The summed E-state index contributed by atoms with van der Waals surface area (Å²) in [6.45, 7) is 7.68. The van der Waals surface area contributed by atoms with Crippen LogP contribution < -0.4 is 14.4 Å². The van der Waals surface area contributed by atoms with Crippen molar-refractivity contribution in [2.24, 2.45) is 0 Å². The van der Waals surface area contributed by atoms with E-state index < -0.39 is 30.2 Å². The molecule has 2 amide bonds. The Morgan fingerprint density at radius 2 is 2.06 bits per heavy atom. The highest BCUT2D eigenvalue weighted by molar-refractivity contribution is 6.06. The molecule has 2 aliphatic rings. The molecule has 0 spiro atoms. The fraction of sp³-hybridized carbons (Fsp3) is 0.409. The van der Waals surface area contributed by atoms with Crippen molar-refractivity contribution in [2.75, 3.05) is 31.8 Å². The quantitative estimate of drug-likeness (QED) is 0.460. The average molecular weight is 446 g/mol. The normalized spacial score (nSPS) is 19.7.